The smallest absolute Gasteiger partial charge is 0.274 e. The SMILES string of the molecule is O=C(c1ccccc1)c1ccc(Oc2ccc(Cl)cc2NC(=O)c2ccnc3ncnn23)cc1. The molecular formula is C25H16ClN5O3. The van der Waals surface area contributed by atoms with Crippen LogP contribution in [0.5, 0.6) is 11.5 Å². The molecule has 2 aromatic heterocycles. The molecule has 1 N–H and O–H groups in total. The molecule has 8 nitrogen and oxygen atoms in total. The van der Waals surface area contributed by atoms with Crippen molar-refractivity contribution in [3.8, 4) is 11.5 Å². The molecule has 0 aliphatic heterocycles. The van der Waals surface area contributed by atoms with Gasteiger partial charge in [-0.2, -0.15) is 14.6 Å². The van der Waals surface area contributed by atoms with Crippen LogP contribution in [-0.4, -0.2) is 31.3 Å². The van der Waals surface area contributed by atoms with Gasteiger partial charge in [-0.05, 0) is 48.5 Å². The fourth-order valence-corrected chi connectivity index (χ4v) is 3.52. The number of halogens is 1. The highest BCUT2D eigenvalue weighted by Crippen LogP contribution is 2.32. The molecule has 0 atom stereocenters. The summed E-state index contributed by atoms with van der Waals surface area (Å²) in [6.07, 6.45) is 2.80. The zero-order valence-electron chi connectivity index (χ0n) is 17.6. The van der Waals surface area contributed by atoms with Crippen molar-refractivity contribution in [3.63, 3.8) is 0 Å². The maximum absolute atomic E-state index is 12.9. The van der Waals surface area contributed by atoms with Crippen LogP contribution in [0.25, 0.3) is 5.78 Å². The summed E-state index contributed by atoms with van der Waals surface area (Å²) in [6, 6.07) is 22.2. The van der Waals surface area contributed by atoms with E-state index in [2.05, 4.69) is 20.4 Å². The Morgan fingerprint density at radius 3 is 2.44 bits per heavy atom. The lowest BCUT2D eigenvalue weighted by Gasteiger charge is -2.13. The van der Waals surface area contributed by atoms with E-state index in [0.717, 1.165) is 0 Å². The van der Waals surface area contributed by atoms with Gasteiger partial charge in [0.25, 0.3) is 11.7 Å². The third kappa shape index (κ3) is 4.35. The normalized spacial score (nSPS) is 10.7. The zero-order chi connectivity index (χ0) is 23.5. The van der Waals surface area contributed by atoms with Gasteiger partial charge in [0.05, 0.1) is 5.69 Å². The van der Waals surface area contributed by atoms with Crippen molar-refractivity contribution in [3.05, 3.63) is 113 Å². The molecule has 5 aromatic rings. The first-order chi connectivity index (χ1) is 16.6. The molecule has 0 bridgehead atoms. The summed E-state index contributed by atoms with van der Waals surface area (Å²) >= 11 is 6.16. The van der Waals surface area contributed by atoms with E-state index in [9.17, 15) is 9.59 Å². The van der Waals surface area contributed by atoms with Crippen molar-refractivity contribution in [1.29, 1.82) is 0 Å². The van der Waals surface area contributed by atoms with Crippen LogP contribution in [0.4, 0.5) is 5.69 Å². The highest BCUT2D eigenvalue weighted by Gasteiger charge is 2.16. The van der Waals surface area contributed by atoms with Crippen molar-refractivity contribution in [2.75, 3.05) is 5.32 Å². The molecule has 1 amide bonds. The molecule has 0 aliphatic rings. The molecule has 0 spiro atoms. The van der Waals surface area contributed by atoms with Crippen molar-refractivity contribution < 1.29 is 14.3 Å². The van der Waals surface area contributed by atoms with Crippen LogP contribution >= 0.6 is 11.6 Å². The summed E-state index contributed by atoms with van der Waals surface area (Å²) in [6.45, 7) is 0. The minimum Gasteiger partial charge on any atom is -0.455 e. The quantitative estimate of drug-likeness (QED) is 0.349. The number of amides is 1. The van der Waals surface area contributed by atoms with Crippen molar-refractivity contribution >= 4 is 34.8 Å². The number of nitrogens with zero attached hydrogens (tertiary/aromatic N) is 4. The van der Waals surface area contributed by atoms with Crippen LogP contribution in [0.1, 0.15) is 26.4 Å². The van der Waals surface area contributed by atoms with Crippen LogP contribution in [0, 0.1) is 0 Å². The number of anilines is 1. The third-order valence-corrected chi connectivity index (χ3v) is 5.22. The van der Waals surface area contributed by atoms with Crippen LogP contribution < -0.4 is 10.1 Å². The van der Waals surface area contributed by atoms with E-state index in [1.807, 2.05) is 18.2 Å². The Hall–Kier alpha value is -4.56. The van der Waals surface area contributed by atoms with Crippen molar-refractivity contribution in [1.82, 2.24) is 19.6 Å². The van der Waals surface area contributed by atoms with Gasteiger partial charge in [-0.1, -0.05) is 41.9 Å². The minimum atomic E-state index is -0.436. The number of rotatable bonds is 6. The lowest BCUT2D eigenvalue weighted by Crippen LogP contribution is -2.17. The first-order valence-corrected chi connectivity index (χ1v) is 10.6. The predicted octanol–water partition coefficient (Wildman–Crippen LogP) is 5.05. The predicted molar refractivity (Wildman–Crippen MR) is 127 cm³/mol. The molecule has 3 aromatic carbocycles. The van der Waals surface area contributed by atoms with Crippen LogP contribution in [0.3, 0.4) is 0 Å². The molecule has 5 rings (SSSR count). The van der Waals surface area contributed by atoms with Gasteiger partial charge in [-0.15, -0.1) is 0 Å². The van der Waals surface area contributed by atoms with Gasteiger partial charge in [-0.3, -0.25) is 9.59 Å². The topological polar surface area (TPSA) is 98.5 Å². The molecule has 0 unspecified atom stereocenters. The number of aromatic nitrogens is 4. The number of benzene rings is 3. The van der Waals surface area contributed by atoms with Crippen molar-refractivity contribution in [2.45, 2.75) is 0 Å². The summed E-state index contributed by atoms with van der Waals surface area (Å²) < 4.78 is 7.32. The number of ether oxygens (including phenoxy) is 1. The summed E-state index contributed by atoms with van der Waals surface area (Å²) in [5.74, 6) is 0.659. The number of ketones is 1. The summed E-state index contributed by atoms with van der Waals surface area (Å²) in [7, 11) is 0. The summed E-state index contributed by atoms with van der Waals surface area (Å²) in [4.78, 5) is 33.6. The van der Waals surface area contributed by atoms with Gasteiger partial charge in [0, 0.05) is 22.3 Å². The maximum Gasteiger partial charge on any atom is 0.274 e. The molecule has 9 heteroatoms. The second-order valence-electron chi connectivity index (χ2n) is 7.22. The van der Waals surface area contributed by atoms with E-state index in [4.69, 9.17) is 16.3 Å². The highest BCUT2D eigenvalue weighted by molar-refractivity contribution is 6.31. The van der Waals surface area contributed by atoms with E-state index in [-0.39, 0.29) is 11.5 Å². The molecule has 34 heavy (non-hydrogen) atoms. The molecule has 0 fully saturated rings. The van der Waals surface area contributed by atoms with E-state index in [0.29, 0.717) is 39.1 Å². The zero-order valence-corrected chi connectivity index (χ0v) is 18.3. The van der Waals surface area contributed by atoms with Gasteiger partial charge in [0.1, 0.15) is 17.8 Å². The average Bonchev–Trinajstić information content (AvgIpc) is 3.35. The summed E-state index contributed by atoms with van der Waals surface area (Å²) in [5, 5.41) is 7.26. The minimum absolute atomic E-state index is 0.0802. The molecule has 0 radical (unpaired) electrons. The van der Waals surface area contributed by atoms with Crippen LogP contribution in [-0.2, 0) is 0 Å². The van der Waals surface area contributed by atoms with Crippen LogP contribution in [0.15, 0.2) is 91.4 Å². The van der Waals surface area contributed by atoms with Gasteiger partial charge >= 0.3 is 0 Å². The Kier molecular flexibility index (Phi) is 5.72. The van der Waals surface area contributed by atoms with Crippen LogP contribution in [0.2, 0.25) is 5.02 Å². The summed E-state index contributed by atoms with van der Waals surface area (Å²) in [5.41, 5.74) is 1.76. The Labute approximate surface area is 198 Å². The Balaban J connectivity index is 1.37. The first-order valence-electron chi connectivity index (χ1n) is 10.2. The number of hydrogen-bond acceptors (Lipinski definition) is 6. The van der Waals surface area contributed by atoms with Gasteiger partial charge in [-0.25, -0.2) is 4.98 Å². The molecule has 2 heterocycles. The van der Waals surface area contributed by atoms with Gasteiger partial charge in [0.2, 0.25) is 0 Å². The third-order valence-electron chi connectivity index (χ3n) is 4.98. The number of carbonyl (C=O) groups excluding carboxylic acids is 2. The van der Waals surface area contributed by atoms with E-state index in [1.165, 1.54) is 23.1 Å². The Morgan fingerprint density at radius 2 is 1.65 bits per heavy atom. The second-order valence-corrected chi connectivity index (χ2v) is 7.65. The lowest BCUT2D eigenvalue weighted by molar-refractivity contribution is 0.101. The number of fused-ring (bicyclic) bond motifs is 1. The molecule has 166 valence electrons. The maximum atomic E-state index is 12.9. The largest absolute Gasteiger partial charge is 0.455 e. The Morgan fingerprint density at radius 1 is 0.882 bits per heavy atom. The second kappa shape index (κ2) is 9.13. The fraction of sp³-hybridized carbons (Fsp3) is 0. The van der Waals surface area contributed by atoms with E-state index in [1.54, 1.807) is 54.6 Å². The standard InChI is InChI=1S/C25H16ClN5O3/c26-18-8-11-22(20(14-18)30-24(33)21-12-13-27-25-28-15-29-31(21)25)34-19-9-6-17(7-10-19)23(32)16-4-2-1-3-5-16/h1-15H,(H,30,33). The monoisotopic (exact) mass is 469 g/mol. The Bertz CT molecular complexity index is 1500. The molecule has 0 saturated heterocycles. The molecule has 0 saturated carbocycles. The average molecular weight is 470 g/mol. The van der Waals surface area contributed by atoms with E-state index < -0.39 is 5.91 Å². The van der Waals surface area contributed by atoms with Gasteiger partial charge < -0.3 is 10.1 Å². The molecule has 0 aliphatic carbocycles. The van der Waals surface area contributed by atoms with Gasteiger partial charge in [0.15, 0.2) is 11.5 Å². The number of carbonyl (C=O) groups is 2. The number of hydrogen-bond donors (Lipinski definition) is 1. The molecular weight excluding hydrogens is 454 g/mol. The number of nitrogens with one attached hydrogen (secondary N) is 1. The lowest BCUT2D eigenvalue weighted by atomic mass is 10.0. The highest BCUT2D eigenvalue weighted by atomic mass is 35.5. The van der Waals surface area contributed by atoms with Crippen molar-refractivity contribution in [2.24, 2.45) is 0 Å². The van der Waals surface area contributed by atoms with E-state index >= 15 is 0 Å². The first kappa shape index (κ1) is 21.3. The fourth-order valence-electron chi connectivity index (χ4n) is 3.34.